The molecule has 0 atom stereocenters. The number of esters is 1. The molecule has 0 unspecified atom stereocenters. The van der Waals surface area contributed by atoms with Crippen molar-refractivity contribution in [3.8, 4) is 5.75 Å². The van der Waals surface area contributed by atoms with Gasteiger partial charge in [0.25, 0.3) is 11.8 Å². The number of benzene rings is 2. The van der Waals surface area contributed by atoms with E-state index < -0.39 is 23.6 Å². The van der Waals surface area contributed by atoms with Gasteiger partial charge in [-0.3, -0.25) is 9.59 Å². The number of carbonyl (C=O) groups is 3. The van der Waals surface area contributed by atoms with E-state index in [2.05, 4.69) is 10.6 Å². The highest BCUT2D eigenvalue weighted by atomic mass is 32.1. The maximum Gasteiger partial charge on any atom is 0.341 e. The van der Waals surface area contributed by atoms with Gasteiger partial charge in [0.1, 0.15) is 16.6 Å². The molecule has 0 fully saturated rings. The van der Waals surface area contributed by atoms with E-state index in [0.717, 1.165) is 17.4 Å². The van der Waals surface area contributed by atoms with Crippen molar-refractivity contribution in [1.82, 2.24) is 0 Å². The zero-order chi connectivity index (χ0) is 23.3. The van der Waals surface area contributed by atoms with Crippen LogP contribution in [0.15, 0.2) is 48.5 Å². The summed E-state index contributed by atoms with van der Waals surface area (Å²) in [5.41, 5.74) is 0.636. The molecule has 0 aliphatic carbocycles. The minimum atomic E-state index is -0.747. The summed E-state index contributed by atoms with van der Waals surface area (Å²) in [4.78, 5) is 38.2. The van der Waals surface area contributed by atoms with Crippen molar-refractivity contribution in [2.24, 2.45) is 0 Å². The van der Waals surface area contributed by atoms with Gasteiger partial charge in [-0.25, -0.2) is 9.18 Å². The Balaban J connectivity index is 1.95. The summed E-state index contributed by atoms with van der Waals surface area (Å²) in [5.74, 6) is -2.17. The third-order valence-corrected chi connectivity index (χ3v) is 5.73. The Morgan fingerprint density at radius 2 is 1.69 bits per heavy atom. The monoisotopic (exact) mass is 456 g/mol. The molecular formula is C23H21FN2O5S. The number of methoxy groups -OCH3 is 1. The molecule has 3 aromatic rings. The minimum Gasteiger partial charge on any atom is -0.492 e. The van der Waals surface area contributed by atoms with Crippen LogP contribution in [0.25, 0.3) is 0 Å². The van der Waals surface area contributed by atoms with E-state index >= 15 is 0 Å². The number of ether oxygens (including phenoxy) is 2. The van der Waals surface area contributed by atoms with Crippen LogP contribution in [0.3, 0.4) is 0 Å². The minimum absolute atomic E-state index is 0.0328. The molecule has 2 amide bonds. The quantitative estimate of drug-likeness (QED) is 0.494. The van der Waals surface area contributed by atoms with E-state index in [0.29, 0.717) is 23.6 Å². The Bertz CT molecular complexity index is 1170. The van der Waals surface area contributed by atoms with Crippen molar-refractivity contribution in [2.45, 2.75) is 13.8 Å². The molecule has 1 aromatic heterocycles. The number of nitrogens with one attached hydrogen (secondary N) is 2. The lowest BCUT2D eigenvalue weighted by molar-refractivity contribution is 0.0601. The highest BCUT2D eigenvalue weighted by molar-refractivity contribution is 7.19. The molecule has 7 nitrogen and oxygen atoms in total. The fourth-order valence-corrected chi connectivity index (χ4v) is 4.10. The molecule has 3 rings (SSSR count). The Kier molecular flexibility index (Phi) is 7.21. The molecule has 0 bridgehead atoms. The third kappa shape index (κ3) is 4.78. The Labute approximate surface area is 188 Å². The van der Waals surface area contributed by atoms with Crippen LogP contribution in [0.1, 0.15) is 42.9 Å². The van der Waals surface area contributed by atoms with Gasteiger partial charge in [-0.15, -0.1) is 11.3 Å². The van der Waals surface area contributed by atoms with Crippen LogP contribution in [0.5, 0.6) is 5.75 Å². The van der Waals surface area contributed by atoms with Gasteiger partial charge in [-0.2, -0.15) is 0 Å². The summed E-state index contributed by atoms with van der Waals surface area (Å²) in [6, 6.07) is 12.4. The van der Waals surface area contributed by atoms with E-state index in [-0.39, 0.29) is 21.0 Å². The molecule has 2 aromatic carbocycles. The molecule has 0 aliphatic heterocycles. The maximum atomic E-state index is 14.0. The number of amides is 2. The van der Waals surface area contributed by atoms with Crippen molar-refractivity contribution >= 4 is 39.8 Å². The molecule has 2 N–H and O–H groups in total. The van der Waals surface area contributed by atoms with Crippen LogP contribution in [-0.4, -0.2) is 31.5 Å². The Morgan fingerprint density at radius 1 is 1.00 bits per heavy atom. The normalized spacial score (nSPS) is 10.4. The average Bonchev–Trinajstić information content (AvgIpc) is 3.10. The zero-order valence-corrected chi connectivity index (χ0v) is 18.5. The smallest absolute Gasteiger partial charge is 0.341 e. The lowest BCUT2D eigenvalue weighted by Gasteiger charge is -2.11. The number of halogens is 1. The molecular weight excluding hydrogens is 435 g/mol. The number of carbonyl (C=O) groups excluding carboxylic acids is 3. The fourth-order valence-electron chi connectivity index (χ4n) is 3.01. The molecule has 0 radical (unpaired) electrons. The van der Waals surface area contributed by atoms with Gasteiger partial charge in [0.05, 0.1) is 35.4 Å². The predicted molar refractivity (Wildman–Crippen MR) is 120 cm³/mol. The zero-order valence-electron chi connectivity index (χ0n) is 17.7. The number of hydrogen-bond donors (Lipinski definition) is 2. The van der Waals surface area contributed by atoms with E-state index in [9.17, 15) is 18.8 Å². The maximum absolute atomic E-state index is 14.0. The van der Waals surface area contributed by atoms with Gasteiger partial charge < -0.3 is 20.1 Å². The van der Waals surface area contributed by atoms with Gasteiger partial charge in [0.2, 0.25) is 0 Å². The first-order valence-electron chi connectivity index (χ1n) is 9.68. The molecule has 0 aliphatic rings. The van der Waals surface area contributed by atoms with E-state index in [4.69, 9.17) is 9.47 Å². The van der Waals surface area contributed by atoms with Crippen molar-refractivity contribution < 1.29 is 28.2 Å². The van der Waals surface area contributed by atoms with Crippen LogP contribution in [0, 0.1) is 12.7 Å². The highest BCUT2D eigenvalue weighted by Crippen LogP contribution is 2.35. The number of rotatable bonds is 7. The van der Waals surface area contributed by atoms with Crippen molar-refractivity contribution in [2.75, 3.05) is 24.4 Å². The van der Waals surface area contributed by atoms with Crippen molar-refractivity contribution in [3.63, 3.8) is 0 Å². The second-order valence-electron chi connectivity index (χ2n) is 6.57. The number of hydrogen-bond acceptors (Lipinski definition) is 6. The molecule has 0 spiro atoms. The summed E-state index contributed by atoms with van der Waals surface area (Å²) in [7, 11) is 1.19. The van der Waals surface area contributed by atoms with Crippen LogP contribution >= 0.6 is 11.3 Å². The van der Waals surface area contributed by atoms with Gasteiger partial charge >= 0.3 is 5.97 Å². The second-order valence-corrected chi connectivity index (χ2v) is 7.59. The first-order valence-corrected chi connectivity index (χ1v) is 10.5. The summed E-state index contributed by atoms with van der Waals surface area (Å²) in [6.07, 6.45) is 0. The van der Waals surface area contributed by atoms with Gasteiger partial charge in [0.15, 0.2) is 0 Å². The summed E-state index contributed by atoms with van der Waals surface area (Å²) in [5, 5.41) is 5.38. The fraction of sp³-hybridized carbons (Fsp3) is 0.174. The second kappa shape index (κ2) is 10.1. The SMILES string of the molecule is CCOc1ccccc1NC(=O)c1sc(NC(=O)c2ccccc2F)c(C(=O)OC)c1C. The van der Waals surface area contributed by atoms with Gasteiger partial charge in [0, 0.05) is 0 Å². The van der Waals surface area contributed by atoms with Crippen molar-refractivity contribution in [3.05, 3.63) is 75.9 Å². The molecule has 32 heavy (non-hydrogen) atoms. The lowest BCUT2D eigenvalue weighted by atomic mass is 10.1. The van der Waals surface area contributed by atoms with Gasteiger partial charge in [-0.1, -0.05) is 24.3 Å². The molecule has 9 heteroatoms. The highest BCUT2D eigenvalue weighted by Gasteiger charge is 2.27. The largest absolute Gasteiger partial charge is 0.492 e. The van der Waals surface area contributed by atoms with Gasteiger partial charge in [-0.05, 0) is 43.7 Å². The molecule has 1 heterocycles. The Morgan fingerprint density at radius 3 is 2.38 bits per heavy atom. The molecule has 0 saturated carbocycles. The van der Waals surface area contributed by atoms with Crippen LogP contribution < -0.4 is 15.4 Å². The standard InChI is InChI=1S/C23H21FN2O5S/c1-4-31-17-12-8-7-11-16(17)25-21(28)19-13(2)18(23(29)30-3)22(32-19)26-20(27)14-9-5-6-10-15(14)24/h5-12H,4H2,1-3H3,(H,25,28)(H,26,27). The van der Waals surface area contributed by atoms with E-state index in [1.807, 2.05) is 6.92 Å². The van der Waals surface area contributed by atoms with E-state index in [1.54, 1.807) is 31.2 Å². The molecule has 166 valence electrons. The van der Waals surface area contributed by atoms with E-state index in [1.165, 1.54) is 25.3 Å². The Hall–Kier alpha value is -3.72. The summed E-state index contributed by atoms with van der Waals surface area (Å²) < 4.78 is 24.3. The van der Waals surface area contributed by atoms with Crippen LogP contribution in [0.4, 0.5) is 15.1 Å². The lowest BCUT2D eigenvalue weighted by Crippen LogP contribution is -2.15. The first-order chi connectivity index (χ1) is 15.4. The topological polar surface area (TPSA) is 93.7 Å². The van der Waals surface area contributed by atoms with Crippen LogP contribution in [0.2, 0.25) is 0 Å². The van der Waals surface area contributed by atoms with Crippen LogP contribution in [-0.2, 0) is 4.74 Å². The third-order valence-electron chi connectivity index (χ3n) is 4.52. The number of para-hydroxylation sites is 2. The summed E-state index contributed by atoms with van der Waals surface area (Å²) >= 11 is 0.897. The van der Waals surface area contributed by atoms with Crippen molar-refractivity contribution in [1.29, 1.82) is 0 Å². The number of thiophene rings is 1. The first kappa shape index (κ1) is 23.0. The summed E-state index contributed by atoms with van der Waals surface area (Å²) in [6.45, 7) is 3.82. The predicted octanol–water partition coefficient (Wildman–Crippen LogP) is 4.89. The average molecular weight is 456 g/mol. The number of anilines is 2. The molecule has 0 saturated heterocycles.